The van der Waals surface area contributed by atoms with Crippen LogP contribution in [-0.4, -0.2) is 49.5 Å². The highest BCUT2D eigenvalue weighted by molar-refractivity contribution is 6.99. The zero-order chi connectivity index (χ0) is 39.6. The molecule has 3 aromatic carbocycles. The van der Waals surface area contributed by atoms with Crippen molar-refractivity contribution in [1.29, 1.82) is 0 Å². The molecule has 2 aliphatic heterocycles. The zero-order valence-electron chi connectivity index (χ0n) is 32.5. The Hall–Kier alpha value is -4.94. The third-order valence-electron chi connectivity index (χ3n) is 11.7. The molecule has 4 atom stereocenters. The number of fused-ring (bicyclic) bond motifs is 3. The molecule has 1 N–H and O–H groups in total. The van der Waals surface area contributed by atoms with Crippen LogP contribution in [0.25, 0.3) is 6.08 Å². The number of aliphatic hydroxyl groups excluding tert-OH is 1. The van der Waals surface area contributed by atoms with Crippen LogP contribution in [0.2, 0.25) is 5.04 Å². The van der Waals surface area contributed by atoms with Crippen LogP contribution in [0.15, 0.2) is 118 Å². The average molecular weight is 775 g/mol. The molecule has 1 aliphatic carbocycles. The number of aliphatic hydroxyl groups is 1. The summed E-state index contributed by atoms with van der Waals surface area (Å²) in [4.78, 5) is 41.0. The van der Waals surface area contributed by atoms with E-state index in [1.54, 1.807) is 12.1 Å². The number of ether oxygens (including phenoxy) is 1. The number of allylic oxidation sites excluding steroid dienone is 1. The number of carbonyl (C=O) groups excluding carboxylic acids is 2. The van der Waals surface area contributed by atoms with Crippen molar-refractivity contribution in [3.05, 3.63) is 135 Å². The highest BCUT2D eigenvalue weighted by atomic mass is 28.4. The Balaban J connectivity index is 1.28. The van der Waals surface area contributed by atoms with Gasteiger partial charge in [-0.1, -0.05) is 106 Å². The van der Waals surface area contributed by atoms with Gasteiger partial charge in [-0.05, 0) is 76.5 Å². The van der Waals surface area contributed by atoms with Crippen molar-refractivity contribution >= 4 is 48.0 Å². The molecule has 2 fully saturated rings. The second-order valence-electron chi connectivity index (χ2n) is 16.1. The van der Waals surface area contributed by atoms with E-state index in [4.69, 9.17) is 13.6 Å². The van der Waals surface area contributed by atoms with Gasteiger partial charge in [0.25, 0.3) is 14.0 Å². The van der Waals surface area contributed by atoms with Gasteiger partial charge in [-0.2, -0.15) is 0 Å². The lowest BCUT2D eigenvalue weighted by Crippen LogP contribution is -2.66. The lowest BCUT2D eigenvalue weighted by Gasteiger charge is -2.44. The molecule has 56 heavy (non-hydrogen) atoms. The average Bonchev–Trinajstić information content (AvgIpc) is 3.90. The Bertz CT molecular complexity index is 2100. The molecule has 7 rings (SSSR count). The van der Waals surface area contributed by atoms with Crippen LogP contribution in [0.4, 0.5) is 11.4 Å². The Labute approximate surface area is 329 Å². The molecule has 0 radical (unpaired) electrons. The van der Waals surface area contributed by atoms with E-state index in [1.165, 1.54) is 23.8 Å². The summed E-state index contributed by atoms with van der Waals surface area (Å²) in [6.45, 7) is 9.24. The van der Waals surface area contributed by atoms with Gasteiger partial charge in [-0.25, -0.2) is 4.90 Å². The van der Waals surface area contributed by atoms with Gasteiger partial charge in [0.15, 0.2) is 0 Å². The number of hydrogen-bond donors (Lipinski definition) is 1. The highest BCUT2D eigenvalue weighted by Crippen LogP contribution is 2.51. The van der Waals surface area contributed by atoms with Crippen LogP contribution in [0.5, 0.6) is 0 Å². The maximum absolute atomic E-state index is 14.4. The quantitative estimate of drug-likeness (QED) is 0.0453. The number of nitro benzene ring substituents is 1. The van der Waals surface area contributed by atoms with E-state index < -0.39 is 25.1 Å². The number of nitro groups is 1. The van der Waals surface area contributed by atoms with Gasteiger partial charge in [0, 0.05) is 18.1 Å². The van der Waals surface area contributed by atoms with Crippen LogP contribution >= 0.6 is 0 Å². The smallest absolute Gasteiger partial charge is 0.271 e. The number of rotatable bonds is 14. The van der Waals surface area contributed by atoms with Crippen molar-refractivity contribution in [2.75, 3.05) is 18.1 Å². The molecule has 0 unspecified atom stereocenters. The zero-order valence-corrected chi connectivity index (χ0v) is 33.5. The molecule has 0 bridgehead atoms. The van der Waals surface area contributed by atoms with Crippen LogP contribution in [0, 0.1) is 27.9 Å². The summed E-state index contributed by atoms with van der Waals surface area (Å²) in [6.07, 6.45) is 5.29. The standard InChI is InChI=1S/C45H50N2O8Si/c1-5-13-30(24-34-21-22-35(27-48)55-34)20-23-40-41-31(28-54-56(45(2,3)4,36-16-8-6-9-17-36)37-18-10-7-11-19-37)25-38-42(39(41)29-53-40)44(50)46(43(38)49)32-14-12-15-33(26-32)47(51)52/h6-12,14-19,21-22,24,26,38-40,42,48H,5,13,20,23,25,27-29H2,1-4H3/b30-24+/t38-,39+,40-,42-/m1/s1. The third-order valence-corrected chi connectivity index (χ3v) is 16.7. The summed E-state index contributed by atoms with van der Waals surface area (Å²) >= 11 is 0. The number of carbonyl (C=O) groups is 2. The summed E-state index contributed by atoms with van der Waals surface area (Å²) < 4.78 is 19.9. The van der Waals surface area contributed by atoms with E-state index in [9.17, 15) is 24.8 Å². The maximum atomic E-state index is 14.4. The molecule has 11 heteroatoms. The predicted octanol–water partition coefficient (Wildman–Crippen LogP) is 7.74. The minimum Gasteiger partial charge on any atom is -0.459 e. The summed E-state index contributed by atoms with van der Waals surface area (Å²) in [5.41, 5.74) is 3.26. The molecule has 4 aromatic rings. The maximum Gasteiger partial charge on any atom is 0.271 e. The van der Waals surface area contributed by atoms with Crippen molar-refractivity contribution in [3.63, 3.8) is 0 Å². The van der Waals surface area contributed by atoms with Crippen molar-refractivity contribution in [2.24, 2.45) is 17.8 Å². The van der Waals surface area contributed by atoms with E-state index >= 15 is 0 Å². The van der Waals surface area contributed by atoms with Gasteiger partial charge in [0.1, 0.15) is 18.1 Å². The van der Waals surface area contributed by atoms with Gasteiger partial charge in [0.2, 0.25) is 11.8 Å². The van der Waals surface area contributed by atoms with Gasteiger partial charge in [0.05, 0.1) is 41.8 Å². The number of hydrogen-bond acceptors (Lipinski definition) is 8. The summed E-state index contributed by atoms with van der Waals surface area (Å²) in [5, 5.41) is 23.2. The second-order valence-corrected chi connectivity index (χ2v) is 20.4. The third kappa shape index (κ3) is 7.36. The minimum absolute atomic E-state index is 0.164. The number of nitrogens with zero attached hydrogens (tertiary/aromatic N) is 2. The molecule has 0 spiro atoms. The molecular weight excluding hydrogens is 725 g/mol. The van der Waals surface area contributed by atoms with Crippen LogP contribution < -0.4 is 15.3 Å². The van der Waals surface area contributed by atoms with Crippen molar-refractivity contribution in [3.8, 4) is 0 Å². The summed E-state index contributed by atoms with van der Waals surface area (Å²) in [5.74, 6) is -1.13. The van der Waals surface area contributed by atoms with Crippen molar-refractivity contribution < 1.29 is 33.2 Å². The molecule has 10 nitrogen and oxygen atoms in total. The number of imide groups is 1. The Morgan fingerprint density at radius 2 is 1.64 bits per heavy atom. The van der Waals surface area contributed by atoms with Crippen molar-refractivity contribution in [1.82, 2.24) is 0 Å². The van der Waals surface area contributed by atoms with Gasteiger partial charge < -0.3 is 18.7 Å². The molecular formula is C45H50N2O8Si. The predicted molar refractivity (Wildman–Crippen MR) is 218 cm³/mol. The fourth-order valence-corrected chi connectivity index (χ4v) is 13.8. The van der Waals surface area contributed by atoms with Crippen LogP contribution in [0.3, 0.4) is 0 Å². The normalized spacial score (nSPS) is 21.4. The van der Waals surface area contributed by atoms with Crippen LogP contribution in [0.1, 0.15) is 71.3 Å². The van der Waals surface area contributed by atoms with E-state index in [0.717, 1.165) is 45.7 Å². The first kappa shape index (κ1) is 39.3. The monoisotopic (exact) mass is 774 g/mol. The Morgan fingerprint density at radius 1 is 0.946 bits per heavy atom. The largest absolute Gasteiger partial charge is 0.459 e. The van der Waals surface area contributed by atoms with E-state index in [0.29, 0.717) is 24.4 Å². The molecule has 292 valence electrons. The number of non-ortho nitro benzene ring substituents is 1. The van der Waals surface area contributed by atoms with Gasteiger partial charge in [-0.15, -0.1) is 0 Å². The first-order valence-electron chi connectivity index (χ1n) is 19.6. The first-order valence-corrected chi connectivity index (χ1v) is 21.5. The lowest BCUT2D eigenvalue weighted by atomic mass is 9.69. The topological polar surface area (TPSA) is 132 Å². The van der Waals surface area contributed by atoms with Crippen molar-refractivity contribution in [2.45, 2.75) is 77.5 Å². The van der Waals surface area contributed by atoms with Gasteiger partial charge in [-0.3, -0.25) is 19.7 Å². The number of anilines is 1. The molecule has 3 heterocycles. The van der Waals surface area contributed by atoms with E-state index in [-0.39, 0.29) is 60.1 Å². The highest BCUT2D eigenvalue weighted by Gasteiger charge is 2.58. The van der Waals surface area contributed by atoms with E-state index in [2.05, 4.69) is 76.2 Å². The second kappa shape index (κ2) is 16.3. The van der Waals surface area contributed by atoms with Gasteiger partial charge >= 0.3 is 0 Å². The molecule has 2 saturated heterocycles. The summed E-state index contributed by atoms with van der Waals surface area (Å²) in [7, 11) is -2.98. The molecule has 2 amide bonds. The number of amides is 2. The fourth-order valence-electron chi connectivity index (χ4n) is 9.23. The van der Waals surface area contributed by atoms with E-state index in [1.807, 2.05) is 24.3 Å². The minimum atomic E-state index is -2.98. The number of furan rings is 1. The van der Waals surface area contributed by atoms with Crippen LogP contribution in [-0.2, 0) is 25.4 Å². The Morgan fingerprint density at radius 3 is 2.25 bits per heavy atom. The molecule has 1 aromatic heterocycles. The molecule has 0 saturated carbocycles. The number of benzene rings is 3. The fraction of sp³-hybridized carbons (Fsp3) is 0.378. The molecule has 3 aliphatic rings. The lowest BCUT2D eigenvalue weighted by molar-refractivity contribution is -0.384. The Kier molecular flexibility index (Phi) is 11.4. The SMILES string of the molecule is CCC/C(=C\c1ccc(CO)o1)CC[C@H]1OC[C@H]2C1=C(CO[Si](c1ccccc1)(c1ccccc1)C(C)(C)C)C[C@H]1C(=O)N(c3cccc([N+](=O)[O-])c3)C(=O)[C@H]12. The first-order chi connectivity index (χ1) is 27.0. The summed E-state index contributed by atoms with van der Waals surface area (Å²) in [6, 6.07) is 30.3.